The van der Waals surface area contributed by atoms with Crippen molar-refractivity contribution in [1.29, 1.82) is 0 Å². The third kappa shape index (κ3) is 2.41. The Labute approximate surface area is 95.8 Å². The summed E-state index contributed by atoms with van der Waals surface area (Å²) in [5, 5.41) is 2.99. The number of hydrogen-bond acceptors (Lipinski definition) is 4. The molecule has 0 aliphatic carbocycles. The first-order valence-corrected chi connectivity index (χ1v) is 5.20. The first-order valence-electron chi connectivity index (χ1n) is 5.20. The van der Waals surface area contributed by atoms with E-state index >= 15 is 0 Å². The second kappa shape index (κ2) is 4.65. The molecule has 0 aliphatic heterocycles. The van der Waals surface area contributed by atoms with E-state index in [4.69, 9.17) is 4.74 Å². The van der Waals surface area contributed by atoms with E-state index in [1.165, 1.54) is 7.11 Å². The highest BCUT2D eigenvalue weighted by Crippen LogP contribution is 2.12. The van der Waals surface area contributed by atoms with Gasteiger partial charge in [-0.15, -0.1) is 0 Å². The molecule has 1 rings (SSSR count). The molecule has 0 amide bonds. The smallest absolute Gasteiger partial charge is 0.327 e. The minimum Gasteiger partial charge on any atom is -0.468 e. The molecule has 0 saturated heterocycles. The number of nitrogens with one attached hydrogen (secondary N) is 1. The molecule has 1 atom stereocenters. The summed E-state index contributed by atoms with van der Waals surface area (Å²) >= 11 is 0. The molecule has 0 fully saturated rings. The molecule has 1 aromatic rings. The largest absolute Gasteiger partial charge is 0.468 e. The summed E-state index contributed by atoms with van der Waals surface area (Å²) in [4.78, 5) is 16.0. The number of imidazole rings is 1. The third-order valence-corrected chi connectivity index (χ3v) is 2.77. The summed E-state index contributed by atoms with van der Waals surface area (Å²) < 4.78 is 6.74. The van der Waals surface area contributed by atoms with Crippen LogP contribution in [0.2, 0.25) is 0 Å². The number of carbonyl (C=O) groups is 1. The molecule has 1 aromatic heterocycles. The molecule has 0 aliphatic rings. The van der Waals surface area contributed by atoms with Crippen molar-refractivity contribution in [2.45, 2.75) is 32.9 Å². The van der Waals surface area contributed by atoms with E-state index in [1.807, 2.05) is 31.5 Å². The van der Waals surface area contributed by atoms with Gasteiger partial charge in [0.25, 0.3) is 0 Å². The lowest BCUT2D eigenvalue weighted by molar-refractivity contribution is -0.148. The van der Waals surface area contributed by atoms with Gasteiger partial charge in [-0.05, 0) is 27.8 Å². The summed E-state index contributed by atoms with van der Waals surface area (Å²) in [6, 6.07) is 0. The minimum atomic E-state index is -0.730. The maximum Gasteiger partial charge on any atom is 0.327 e. The number of aryl methyl sites for hydroxylation is 2. The molecule has 1 heterocycles. The lowest BCUT2D eigenvalue weighted by Crippen LogP contribution is -2.51. The number of carbonyl (C=O) groups excluding carboxylic acids is 1. The number of likely N-dealkylation sites (N-methyl/N-ethyl adjacent to an activating group) is 1. The van der Waals surface area contributed by atoms with Crippen molar-refractivity contribution in [3.05, 3.63) is 17.7 Å². The Morgan fingerprint density at radius 3 is 2.62 bits per heavy atom. The molecule has 5 nitrogen and oxygen atoms in total. The first kappa shape index (κ1) is 12.7. The van der Waals surface area contributed by atoms with Crippen LogP contribution in [0.15, 0.2) is 6.20 Å². The maximum atomic E-state index is 11.7. The first-order chi connectivity index (χ1) is 7.42. The number of hydrogen-bond donors (Lipinski definition) is 1. The van der Waals surface area contributed by atoms with Crippen molar-refractivity contribution in [3.8, 4) is 0 Å². The van der Waals surface area contributed by atoms with Crippen molar-refractivity contribution in [2.75, 3.05) is 14.2 Å². The fourth-order valence-corrected chi connectivity index (χ4v) is 1.64. The van der Waals surface area contributed by atoms with Crippen molar-refractivity contribution in [2.24, 2.45) is 0 Å². The zero-order chi connectivity index (χ0) is 12.3. The summed E-state index contributed by atoms with van der Waals surface area (Å²) in [5.74, 6) is 0.614. The number of ether oxygens (including phenoxy) is 1. The molecular formula is C11H19N3O2. The van der Waals surface area contributed by atoms with Crippen molar-refractivity contribution in [1.82, 2.24) is 14.9 Å². The standard InChI is InChI=1S/C11H19N3O2/c1-8-6-14(9(2)13-8)7-11(3,12-4)10(15)16-5/h6,12H,7H2,1-5H3. The van der Waals surface area contributed by atoms with Gasteiger partial charge >= 0.3 is 5.97 Å². The Morgan fingerprint density at radius 1 is 1.62 bits per heavy atom. The monoisotopic (exact) mass is 225 g/mol. The predicted molar refractivity (Wildman–Crippen MR) is 61.2 cm³/mol. The van der Waals surface area contributed by atoms with E-state index < -0.39 is 5.54 Å². The molecular weight excluding hydrogens is 206 g/mol. The van der Waals surface area contributed by atoms with Crippen LogP contribution in [0.3, 0.4) is 0 Å². The van der Waals surface area contributed by atoms with Crippen LogP contribution in [0.4, 0.5) is 0 Å². The fourth-order valence-electron chi connectivity index (χ4n) is 1.64. The van der Waals surface area contributed by atoms with Crippen molar-refractivity contribution >= 4 is 5.97 Å². The van der Waals surface area contributed by atoms with Gasteiger partial charge in [-0.1, -0.05) is 0 Å². The number of aromatic nitrogens is 2. The summed E-state index contributed by atoms with van der Waals surface area (Å²) in [5.41, 5.74) is 0.216. The second-order valence-electron chi connectivity index (χ2n) is 4.13. The van der Waals surface area contributed by atoms with E-state index in [9.17, 15) is 4.79 Å². The molecule has 0 bridgehead atoms. The Hall–Kier alpha value is -1.36. The Balaban J connectivity index is 2.93. The average Bonchev–Trinajstić information content (AvgIpc) is 2.55. The van der Waals surface area contributed by atoms with Gasteiger partial charge in [0.1, 0.15) is 11.4 Å². The van der Waals surface area contributed by atoms with Crippen LogP contribution in [0.25, 0.3) is 0 Å². The van der Waals surface area contributed by atoms with E-state index in [-0.39, 0.29) is 5.97 Å². The van der Waals surface area contributed by atoms with Crippen LogP contribution in [0.1, 0.15) is 18.4 Å². The number of rotatable bonds is 4. The predicted octanol–water partition coefficient (Wildman–Crippen LogP) is 0.651. The van der Waals surface area contributed by atoms with E-state index in [2.05, 4.69) is 10.3 Å². The summed E-state index contributed by atoms with van der Waals surface area (Å²) in [6.45, 7) is 6.16. The number of methoxy groups -OCH3 is 1. The lowest BCUT2D eigenvalue weighted by Gasteiger charge is -2.26. The van der Waals surface area contributed by atoms with Crippen LogP contribution >= 0.6 is 0 Å². The van der Waals surface area contributed by atoms with Gasteiger partial charge in [-0.3, -0.25) is 0 Å². The molecule has 0 spiro atoms. The normalized spacial score (nSPS) is 14.6. The Bertz CT molecular complexity index is 387. The highest BCUT2D eigenvalue weighted by atomic mass is 16.5. The molecule has 0 radical (unpaired) electrons. The minimum absolute atomic E-state index is 0.277. The topological polar surface area (TPSA) is 56.2 Å². The SMILES string of the molecule is CNC(C)(Cn1cc(C)nc1C)C(=O)OC. The van der Waals surface area contributed by atoms with Crippen molar-refractivity contribution in [3.63, 3.8) is 0 Å². The highest BCUT2D eigenvalue weighted by molar-refractivity contribution is 5.80. The van der Waals surface area contributed by atoms with Gasteiger partial charge in [0.15, 0.2) is 0 Å². The zero-order valence-corrected chi connectivity index (χ0v) is 10.5. The Morgan fingerprint density at radius 2 is 2.25 bits per heavy atom. The van der Waals surface area contributed by atoms with Gasteiger partial charge in [-0.25, -0.2) is 9.78 Å². The maximum absolute atomic E-state index is 11.7. The van der Waals surface area contributed by atoms with Crippen LogP contribution in [-0.4, -0.2) is 35.2 Å². The van der Waals surface area contributed by atoms with Gasteiger partial charge in [-0.2, -0.15) is 0 Å². The molecule has 90 valence electrons. The van der Waals surface area contributed by atoms with Gasteiger partial charge in [0.2, 0.25) is 0 Å². The second-order valence-corrected chi connectivity index (χ2v) is 4.13. The lowest BCUT2D eigenvalue weighted by atomic mass is 10.0. The molecule has 5 heteroatoms. The summed E-state index contributed by atoms with van der Waals surface area (Å²) in [6.07, 6.45) is 1.92. The van der Waals surface area contributed by atoms with E-state index in [1.54, 1.807) is 7.05 Å². The average molecular weight is 225 g/mol. The summed E-state index contributed by atoms with van der Waals surface area (Å²) in [7, 11) is 3.14. The van der Waals surface area contributed by atoms with Crippen LogP contribution in [0.5, 0.6) is 0 Å². The third-order valence-electron chi connectivity index (χ3n) is 2.77. The molecule has 1 N–H and O–H groups in total. The Kier molecular flexibility index (Phi) is 3.70. The van der Waals surface area contributed by atoms with Crippen LogP contribution in [-0.2, 0) is 16.1 Å². The van der Waals surface area contributed by atoms with Crippen LogP contribution < -0.4 is 5.32 Å². The molecule has 0 aromatic carbocycles. The van der Waals surface area contributed by atoms with Gasteiger partial charge in [0.05, 0.1) is 19.3 Å². The fraction of sp³-hybridized carbons (Fsp3) is 0.636. The zero-order valence-electron chi connectivity index (χ0n) is 10.5. The van der Waals surface area contributed by atoms with Gasteiger partial charge in [0, 0.05) is 6.20 Å². The molecule has 0 saturated carbocycles. The van der Waals surface area contributed by atoms with E-state index in [0.29, 0.717) is 6.54 Å². The van der Waals surface area contributed by atoms with E-state index in [0.717, 1.165) is 11.5 Å². The number of nitrogens with zero attached hydrogens (tertiary/aromatic N) is 2. The molecule has 1 unspecified atom stereocenters. The highest BCUT2D eigenvalue weighted by Gasteiger charge is 2.33. The molecule has 16 heavy (non-hydrogen) atoms. The number of esters is 1. The van der Waals surface area contributed by atoms with Crippen LogP contribution in [0, 0.1) is 13.8 Å². The van der Waals surface area contributed by atoms with Gasteiger partial charge < -0.3 is 14.6 Å². The quantitative estimate of drug-likeness (QED) is 0.764. The van der Waals surface area contributed by atoms with Crippen molar-refractivity contribution < 1.29 is 9.53 Å².